The lowest BCUT2D eigenvalue weighted by atomic mass is 10.0. The van der Waals surface area contributed by atoms with Gasteiger partial charge in [-0.15, -0.1) is 0 Å². The van der Waals surface area contributed by atoms with Crippen LogP contribution in [0.3, 0.4) is 0 Å². The van der Waals surface area contributed by atoms with Crippen LogP contribution in [0.15, 0.2) is 24.4 Å². The first-order valence-corrected chi connectivity index (χ1v) is 4.63. The molecule has 0 saturated heterocycles. The van der Waals surface area contributed by atoms with Crippen LogP contribution in [0.5, 0.6) is 5.75 Å². The standard InChI is InChI=1S/C12H13NO/c1-8-6-7-13-10-4-5-11(14-3)9(2)12(8)10/h4-7H,1-3H3. The number of pyridine rings is 1. The van der Waals surface area contributed by atoms with Crippen LogP contribution < -0.4 is 4.74 Å². The minimum absolute atomic E-state index is 0.925. The van der Waals surface area contributed by atoms with Gasteiger partial charge in [0.2, 0.25) is 0 Å². The maximum absolute atomic E-state index is 5.28. The molecule has 1 aromatic heterocycles. The van der Waals surface area contributed by atoms with Crippen molar-refractivity contribution in [2.75, 3.05) is 7.11 Å². The van der Waals surface area contributed by atoms with Crippen LogP contribution in [-0.2, 0) is 0 Å². The third-order valence-electron chi connectivity index (χ3n) is 2.55. The smallest absolute Gasteiger partial charge is 0.122 e. The van der Waals surface area contributed by atoms with E-state index in [1.807, 2.05) is 24.4 Å². The maximum atomic E-state index is 5.28. The van der Waals surface area contributed by atoms with E-state index in [9.17, 15) is 0 Å². The second-order valence-electron chi connectivity index (χ2n) is 3.41. The highest BCUT2D eigenvalue weighted by atomic mass is 16.5. The van der Waals surface area contributed by atoms with Gasteiger partial charge >= 0.3 is 0 Å². The fourth-order valence-electron chi connectivity index (χ4n) is 1.82. The van der Waals surface area contributed by atoms with Gasteiger partial charge in [-0.2, -0.15) is 0 Å². The third kappa shape index (κ3) is 1.23. The van der Waals surface area contributed by atoms with Crippen LogP contribution >= 0.6 is 0 Å². The predicted octanol–water partition coefficient (Wildman–Crippen LogP) is 2.86. The minimum atomic E-state index is 0.925. The third-order valence-corrected chi connectivity index (χ3v) is 2.55. The summed E-state index contributed by atoms with van der Waals surface area (Å²) in [7, 11) is 1.69. The Morgan fingerprint density at radius 2 is 1.93 bits per heavy atom. The Balaban J connectivity index is 2.86. The van der Waals surface area contributed by atoms with E-state index in [0.29, 0.717) is 0 Å². The van der Waals surface area contributed by atoms with Gasteiger partial charge in [0, 0.05) is 17.1 Å². The highest BCUT2D eigenvalue weighted by Crippen LogP contribution is 2.27. The molecule has 0 amide bonds. The van der Waals surface area contributed by atoms with Gasteiger partial charge in [-0.05, 0) is 37.6 Å². The van der Waals surface area contributed by atoms with Gasteiger partial charge in [-0.1, -0.05) is 0 Å². The Morgan fingerprint density at radius 3 is 2.64 bits per heavy atom. The van der Waals surface area contributed by atoms with Crippen LogP contribution in [0.2, 0.25) is 0 Å². The van der Waals surface area contributed by atoms with Gasteiger partial charge < -0.3 is 4.74 Å². The first-order valence-electron chi connectivity index (χ1n) is 4.63. The Hall–Kier alpha value is -1.57. The Kier molecular flexibility index (Phi) is 2.12. The normalized spacial score (nSPS) is 10.5. The molecule has 0 fully saturated rings. The first-order chi connectivity index (χ1) is 6.74. The SMILES string of the molecule is COc1ccc2nccc(C)c2c1C. The number of nitrogens with zero attached hydrogens (tertiary/aromatic N) is 1. The van der Waals surface area contributed by atoms with Crippen molar-refractivity contribution < 1.29 is 4.74 Å². The van der Waals surface area contributed by atoms with Crippen molar-refractivity contribution in [3.63, 3.8) is 0 Å². The molecule has 2 aromatic rings. The predicted molar refractivity (Wildman–Crippen MR) is 57.8 cm³/mol. The van der Waals surface area contributed by atoms with Crippen molar-refractivity contribution in [1.29, 1.82) is 0 Å². The molecule has 0 spiro atoms. The van der Waals surface area contributed by atoms with Crippen molar-refractivity contribution in [3.8, 4) is 5.75 Å². The van der Waals surface area contributed by atoms with E-state index >= 15 is 0 Å². The molecule has 2 rings (SSSR count). The van der Waals surface area contributed by atoms with Gasteiger partial charge in [-0.3, -0.25) is 4.98 Å². The molecule has 2 nitrogen and oxygen atoms in total. The summed E-state index contributed by atoms with van der Waals surface area (Å²) in [6, 6.07) is 5.98. The van der Waals surface area contributed by atoms with Gasteiger partial charge in [-0.25, -0.2) is 0 Å². The first kappa shape index (κ1) is 9.00. The summed E-state index contributed by atoms with van der Waals surface area (Å²) >= 11 is 0. The number of ether oxygens (including phenoxy) is 1. The van der Waals surface area contributed by atoms with Crippen molar-refractivity contribution in [3.05, 3.63) is 35.5 Å². The van der Waals surface area contributed by atoms with E-state index in [1.165, 1.54) is 10.9 Å². The van der Waals surface area contributed by atoms with Gasteiger partial charge in [0.05, 0.1) is 12.6 Å². The maximum Gasteiger partial charge on any atom is 0.122 e. The molecule has 72 valence electrons. The second kappa shape index (κ2) is 3.29. The van der Waals surface area contributed by atoms with Crippen molar-refractivity contribution in [1.82, 2.24) is 4.98 Å². The summed E-state index contributed by atoms with van der Waals surface area (Å²) < 4.78 is 5.28. The Morgan fingerprint density at radius 1 is 1.14 bits per heavy atom. The van der Waals surface area contributed by atoms with Crippen LogP contribution in [0.4, 0.5) is 0 Å². The summed E-state index contributed by atoms with van der Waals surface area (Å²) in [5.74, 6) is 0.925. The molecule has 0 aliphatic heterocycles. The molecule has 0 aliphatic carbocycles. The van der Waals surface area contributed by atoms with Crippen LogP contribution in [-0.4, -0.2) is 12.1 Å². The van der Waals surface area contributed by atoms with E-state index < -0.39 is 0 Å². The highest BCUT2D eigenvalue weighted by Gasteiger charge is 2.05. The lowest BCUT2D eigenvalue weighted by Gasteiger charge is -2.09. The molecule has 0 saturated carbocycles. The molecule has 14 heavy (non-hydrogen) atoms. The number of fused-ring (bicyclic) bond motifs is 1. The summed E-state index contributed by atoms with van der Waals surface area (Å²) in [5, 5.41) is 1.20. The van der Waals surface area contributed by atoms with E-state index in [1.54, 1.807) is 7.11 Å². The number of hydrogen-bond donors (Lipinski definition) is 0. The average Bonchev–Trinajstić information content (AvgIpc) is 2.18. The number of benzene rings is 1. The van der Waals surface area contributed by atoms with Gasteiger partial charge in [0.15, 0.2) is 0 Å². The molecule has 0 atom stereocenters. The summed E-state index contributed by atoms with van der Waals surface area (Å²) in [6.45, 7) is 4.16. The fraction of sp³-hybridized carbons (Fsp3) is 0.250. The molecule has 1 aromatic carbocycles. The van der Waals surface area contributed by atoms with Crippen molar-refractivity contribution >= 4 is 10.9 Å². The number of aromatic nitrogens is 1. The Labute approximate surface area is 83.5 Å². The van der Waals surface area contributed by atoms with Crippen molar-refractivity contribution in [2.45, 2.75) is 13.8 Å². The van der Waals surface area contributed by atoms with Crippen LogP contribution in [0, 0.1) is 13.8 Å². The van der Waals surface area contributed by atoms with Crippen molar-refractivity contribution in [2.24, 2.45) is 0 Å². The lowest BCUT2D eigenvalue weighted by Crippen LogP contribution is -1.91. The van der Waals surface area contributed by atoms with Crippen LogP contribution in [0.1, 0.15) is 11.1 Å². The van der Waals surface area contributed by atoms with Crippen LogP contribution in [0.25, 0.3) is 10.9 Å². The topological polar surface area (TPSA) is 22.1 Å². The summed E-state index contributed by atoms with van der Waals surface area (Å²) in [6.07, 6.45) is 1.84. The monoisotopic (exact) mass is 187 g/mol. The molecule has 0 aliphatic rings. The lowest BCUT2D eigenvalue weighted by molar-refractivity contribution is 0.412. The minimum Gasteiger partial charge on any atom is -0.496 e. The molecule has 0 N–H and O–H groups in total. The molecule has 1 heterocycles. The molecule has 0 bridgehead atoms. The number of hydrogen-bond acceptors (Lipinski definition) is 2. The quantitative estimate of drug-likeness (QED) is 0.684. The second-order valence-corrected chi connectivity index (χ2v) is 3.41. The van der Waals surface area contributed by atoms with Gasteiger partial charge in [0.25, 0.3) is 0 Å². The summed E-state index contributed by atoms with van der Waals surface area (Å²) in [4.78, 5) is 4.32. The summed E-state index contributed by atoms with van der Waals surface area (Å²) in [5.41, 5.74) is 3.44. The average molecular weight is 187 g/mol. The molecule has 0 radical (unpaired) electrons. The molecule has 2 heteroatoms. The molecular formula is C12H13NO. The Bertz CT molecular complexity index is 477. The number of rotatable bonds is 1. The zero-order valence-corrected chi connectivity index (χ0v) is 8.66. The zero-order valence-electron chi connectivity index (χ0n) is 8.66. The van der Waals surface area contributed by atoms with Gasteiger partial charge in [0.1, 0.15) is 5.75 Å². The van der Waals surface area contributed by atoms with E-state index in [-0.39, 0.29) is 0 Å². The van der Waals surface area contributed by atoms with E-state index in [2.05, 4.69) is 18.8 Å². The highest BCUT2D eigenvalue weighted by molar-refractivity contribution is 5.87. The molecular weight excluding hydrogens is 174 g/mol. The molecule has 0 unspecified atom stereocenters. The van der Waals surface area contributed by atoms with E-state index in [0.717, 1.165) is 16.8 Å². The number of aryl methyl sites for hydroxylation is 2. The largest absolute Gasteiger partial charge is 0.496 e. The zero-order chi connectivity index (χ0) is 10.1. The fourth-order valence-corrected chi connectivity index (χ4v) is 1.82. The van der Waals surface area contributed by atoms with E-state index in [4.69, 9.17) is 4.74 Å². The number of methoxy groups -OCH3 is 1.